The van der Waals surface area contributed by atoms with Crippen LogP contribution in [0.5, 0.6) is 0 Å². The van der Waals surface area contributed by atoms with E-state index in [9.17, 15) is 0 Å². The van der Waals surface area contributed by atoms with Crippen LogP contribution < -0.4 is 0 Å². The Morgan fingerprint density at radius 2 is 1.10 bits per heavy atom. The Labute approximate surface area is 205 Å². The fourth-order valence-corrected chi connectivity index (χ4v) is 6.73. The van der Waals surface area contributed by atoms with Crippen molar-refractivity contribution in [1.82, 2.24) is 0 Å². The fourth-order valence-electron chi connectivity index (χ4n) is 5.46. The molecule has 178 valence electrons. The number of hydrogen-bond donors (Lipinski definition) is 0. The molecule has 3 unspecified atom stereocenters. The van der Waals surface area contributed by atoms with E-state index in [1.54, 1.807) is 0 Å². The molecule has 2 aliphatic carbocycles. The molecule has 2 saturated carbocycles. The third-order valence-electron chi connectivity index (χ3n) is 7.51. The normalized spacial score (nSPS) is 29.9. The van der Waals surface area contributed by atoms with Crippen LogP contribution in [-0.2, 0) is 4.74 Å². The second-order valence-corrected chi connectivity index (χ2v) is 12.7. The summed E-state index contributed by atoms with van der Waals surface area (Å²) < 4.78 is 6.54. The maximum absolute atomic E-state index is 6.54. The summed E-state index contributed by atoms with van der Waals surface area (Å²) in [6, 6.07) is 0. The zero-order valence-corrected chi connectivity index (χ0v) is 23.1. The number of rotatable bonds is 16. The zero-order chi connectivity index (χ0) is 21.4. The molecule has 0 aromatic rings. The molecule has 3 heteroatoms. The topological polar surface area (TPSA) is 9.23 Å². The first kappa shape index (κ1) is 27.2. The molecule has 0 radical (unpaired) electrons. The van der Waals surface area contributed by atoms with E-state index < -0.39 is 0 Å². The Kier molecular flexibility index (Phi) is 15.8. The van der Waals surface area contributed by atoms with Crippen LogP contribution in [-0.4, -0.2) is 21.9 Å². The van der Waals surface area contributed by atoms with E-state index in [1.165, 1.54) is 135 Å². The summed E-state index contributed by atoms with van der Waals surface area (Å²) in [5.74, 6) is 0.837. The van der Waals surface area contributed by atoms with Gasteiger partial charge in [0.1, 0.15) is 0 Å². The summed E-state index contributed by atoms with van der Waals surface area (Å²) in [5, 5.41) is 0. The van der Waals surface area contributed by atoms with E-state index >= 15 is 0 Å². The summed E-state index contributed by atoms with van der Waals surface area (Å²) in [7, 11) is 0. The summed E-state index contributed by atoms with van der Waals surface area (Å²) in [6.45, 7) is 2.30. The lowest BCUT2D eigenvalue weighted by Gasteiger charge is -2.36. The molecule has 30 heavy (non-hydrogen) atoms. The molecule has 0 saturated heterocycles. The number of ether oxygens (including phenoxy) is 1. The first-order valence-corrected chi connectivity index (χ1v) is 15.5. The second kappa shape index (κ2) is 17.4. The van der Waals surface area contributed by atoms with Crippen molar-refractivity contribution in [2.45, 2.75) is 164 Å². The number of halogens is 2. The van der Waals surface area contributed by atoms with Crippen LogP contribution in [0.15, 0.2) is 0 Å². The monoisotopic (exact) mass is 548 g/mol. The Morgan fingerprint density at radius 1 is 0.600 bits per heavy atom. The lowest BCUT2D eigenvalue weighted by molar-refractivity contribution is -0.0529. The molecule has 0 N–H and O–H groups in total. The molecular weight excluding hydrogens is 500 g/mol. The number of unbranched alkanes of at least 4 members (excludes halogenated alkanes) is 12. The van der Waals surface area contributed by atoms with Crippen LogP contribution in [0.3, 0.4) is 0 Å². The van der Waals surface area contributed by atoms with E-state index in [-0.39, 0.29) is 0 Å². The average Bonchev–Trinajstić information content (AvgIpc) is 2.75. The van der Waals surface area contributed by atoms with Gasteiger partial charge in [-0.2, -0.15) is 0 Å². The maximum atomic E-state index is 6.54. The zero-order valence-electron chi connectivity index (χ0n) is 19.9. The van der Waals surface area contributed by atoms with Gasteiger partial charge in [0.2, 0.25) is 0 Å². The number of alkyl halides is 2. The molecule has 3 atom stereocenters. The van der Waals surface area contributed by atoms with Crippen molar-refractivity contribution in [3.8, 4) is 0 Å². The van der Waals surface area contributed by atoms with Gasteiger partial charge in [0.25, 0.3) is 0 Å². The third kappa shape index (κ3) is 12.2. The highest BCUT2D eigenvalue weighted by Crippen LogP contribution is 2.37. The van der Waals surface area contributed by atoms with Gasteiger partial charge in [-0.05, 0) is 57.3 Å². The molecule has 2 rings (SSSR count). The molecule has 0 spiro atoms. The number of hydrogen-bond acceptors (Lipinski definition) is 1. The van der Waals surface area contributed by atoms with Crippen LogP contribution in [0.2, 0.25) is 0 Å². The van der Waals surface area contributed by atoms with Crippen molar-refractivity contribution in [3.05, 3.63) is 0 Å². The Bertz CT molecular complexity index is 394. The van der Waals surface area contributed by atoms with Gasteiger partial charge in [-0.3, -0.25) is 0 Å². The second-order valence-electron chi connectivity index (χ2n) is 10.3. The lowest BCUT2D eigenvalue weighted by Crippen LogP contribution is -2.34. The molecule has 1 nitrogen and oxygen atoms in total. The first-order chi connectivity index (χ1) is 14.7. The fraction of sp³-hybridized carbons (Fsp3) is 1.00. The first-order valence-electron chi connectivity index (χ1n) is 13.6. The minimum atomic E-state index is 0.530. The van der Waals surface area contributed by atoms with Crippen molar-refractivity contribution in [2.75, 3.05) is 0 Å². The Morgan fingerprint density at radius 3 is 1.67 bits per heavy atom. The van der Waals surface area contributed by atoms with E-state index in [4.69, 9.17) is 4.74 Å². The minimum Gasteiger partial charge on any atom is -0.375 e. The van der Waals surface area contributed by atoms with Gasteiger partial charge >= 0.3 is 0 Å². The Balaban J connectivity index is 1.43. The molecule has 0 aliphatic heterocycles. The van der Waals surface area contributed by atoms with Gasteiger partial charge in [0.15, 0.2) is 0 Å². The van der Waals surface area contributed by atoms with E-state index in [1.807, 2.05) is 0 Å². The minimum absolute atomic E-state index is 0.530. The van der Waals surface area contributed by atoms with Gasteiger partial charge in [0.05, 0.1) is 12.2 Å². The van der Waals surface area contributed by atoms with Gasteiger partial charge in [0, 0.05) is 9.65 Å². The molecule has 0 heterocycles. The molecule has 0 bridgehead atoms. The van der Waals surface area contributed by atoms with Crippen molar-refractivity contribution in [2.24, 2.45) is 5.92 Å². The van der Waals surface area contributed by atoms with Crippen molar-refractivity contribution in [1.29, 1.82) is 0 Å². The van der Waals surface area contributed by atoms with Gasteiger partial charge in [-0.15, -0.1) is 0 Å². The molecule has 0 aromatic carbocycles. The third-order valence-corrected chi connectivity index (χ3v) is 9.63. The molecule has 0 amide bonds. The lowest BCUT2D eigenvalue weighted by atomic mass is 9.83. The Hall–Kier alpha value is 0.920. The predicted molar refractivity (Wildman–Crippen MR) is 140 cm³/mol. The van der Waals surface area contributed by atoms with Crippen LogP contribution in [0.1, 0.15) is 142 Å². The van der Waals surface area contributed by atoms with Gasteiger partial charge in [-0.1, -0.05) is 122 Å². The largest absolute Gasteiger partial charge is 0.375 e. The van der Waals surface area contributed by atoms with E-state index in [0.717, 1.165) is 15.6 Å². The smallest absolute Gasteiger partial charge is 0.0582 e. The van der Waals surface area contributed by atoms with Gasteiger partial charge < -0.3 is 4.74 Å². The highest BCUT2D eigenvalue weighted by Gasteiger charge is 2.31. The van der Waals surface area contributed by atoms with E-state index in [0.29, 0.717) is 12.2 Å². The summed E-state index contributed by atoms with van der Waals surface area (Å²) in [4.78, 5) is 1.46. The molecule has 2 fully saturated rings. The van der Waals surface area contributed by atoms with Crippen molar-refractivity contribution < 1.29 is 4.74 Å². The predicted octanol–water partition coefficient (Wildman–Crippen LogP) is 10.1. The van der Waals surface area contributed by atoms with Crippen LogP contribution in [0.25, 0.3) is 0 Å². The highest BCUT2D eigenvalue weighted by molar-refractivity contribution is 9.09. The van der Waals surface area contributed by atoms with Crippen molar-refractivity contribution >= 4 is 31.9 Å². The van der Waals surface area contributed by atoms with Crippen LogP contribution in [0, 0.1) is 5.92 Å². The average molecular weight is 551 g/mol. The highest BCUT2D eigenvalue weighted by atomic mass is 79.9. The standard InChI is InChI=1S/C27H50Br2O/c1-2-3-4-5-6-7-8-9-10-11-12-13-14-15-23-22-26(20-21-27(23)29)30-25-18-16-24(28)17-19-25/h23-27H,2-22H2,1H3. The van der Waals surface area contributed by atoms with E-state index in [2.05, 4.69) is 38.8 Å². The van der Waals surface area contributed by atoms with Crippen LogP contribution >= 0.6 is 31.9 Å². The summed E-state index contributed by atoms with van der Waals surface area (Å²) in [5.41, 5.74) is 0. The molecule has 2 aliphatic rings. The molecular formula is C27H50Br2O. The van der Waals surface area contributed by atoms with Crippen LogP contribution in [0.4, 0.5) is 0 Å². The maximum Gasteiger partial charge on any atom is 0.0582 e. The SMILES string of the molecule is CCCCCCCCCCCCCCCC1CC(OC2CCC(Br)CC2)CCC1Br. The van der Waals surface area contributed by atoms with Crippen molar-refractivity contribution in [3.63, 3.8) is 0 Å². The van der Waals surface area contributed by atoms with Gasteiger partial charge in [-0.25, -0.2) is 0 Å². The summed E-state index contributed by atoms with van der Waals surface area (Å²) in [6.07, 6.45) is 30.3. The quantitative estimate of drug-likeness (QED) is 0.137. The summed E-state index contributed by atoms with van der Waals surface area (Å²) >= 11 is 7.76. The molecule has 0 aromatic heterocycles.